The maximum absolute atomic E-state index is 12.1. The third-order valence-corrected chi connectivity index (χ3v) is 3.86. The fourth-order valence-electron chi connectivity index (χ4n) is 1.92. The number of aliphatic hydroxyl groups is 1. The monoisotopic (exact) mass is 268 g/mol. The molecule has 1 aliphatic heterocycles. The molecule has 0 bridgehead atoms. The number of nitrogens with one attached hydrogen (secondary N) is 1. The molecular weight excluding hydrogens is 252 g/mol. The van der Waals surface area contributed by atoms with Crippen molar-refractivity contribution in [2.75, 3.05) is 18.4 Å². The lowest BCUT2D eigenvalue weighted by Crippen LogP contribution is -2.39. The summed E-state index contributed by atoms with van der Waals surface area (Å²) in [7, 11) is 0. The first-order valence-electron chi connectivity index (χ1n) is 5.91. The van der Waals surface area contributed by atoms with Crippen LogP contribution in [0, 0.1) is 0 Å². The number of anilines is 1. The molecule has 2 amide bonds. The maximum atomic E-state index is 12.1. The molecule has 1 saturated heterocycles. The van der Waals surface area contributed by atoms with E-state index in [4.69, 9.17) is 0 Å². The highest BCUT2D eigenvalue weighted by Crippen LogP contribution is 2.24. The van der Waals surface area contributed by atoms with Gasteiger partial charge in [0.15, 0.2) is 0 Å². The van der Waals surface area contributed by atoms with E-state index in [1.807, 2.05) is 0 Å². The topological polar surface area (TPSA) is 69.6 Å². The minimum Gasteiger partial charge on any atom is -0.393 e. The molecule has 1 aliphatic rings. The summed E-state index contributed by atoms with van der Waals surface area (Å²) in [6, 6.07) is 3.46. The number of nitrogens with zero attached hydrogens (tertiary/aromatic N) is 1. The Morgan fingerprint density at radius 1 is 1.39 bits per heavy atom. The van der Waals surface area contributed by atoms with E-state index in [2.05, 4.69) is 5.32 Å². The van der Waals surface area contributed by atoms with Crippen molar-refractivity contribution in [3.05, 3.63) is 17.0 Å². The van der Waals surface area contributed by atoms with Crippen molar-refractivity contribution in [2.24, 2.45) is 0 Å². The van der Waals surface area contributed by atoms with Crippen molar-refractivity contribution < 1.29 is 14.7 Å². The van der Waals surface area contributed by atoms with E-state index < -0.39 is 0 Å². The first kappa shape index (κ1) is 13.0. The molecule has 1 aromatic heterocycles. The first-order chi connectivity index (χ1) is 8.56. The molecular formula is C12H16N2O3S. The molecule has 2 heterocycles. The molecule has 2 rings (SSSR count). The summed E-state index contributed by atoms with van der Waals surface area (Å²) in [4.78, 5) is 25.4. The van der Waals surface area contributed by atoms with Crippen LogP contribution >= 0.6 is 11.3 Å². The van der Waals surface area contributed by atoms with E-state index in [9.17, 15) is 14.7 Å². The van der Waals surface area contributed by atoms with Crippen molar-refractivity contribution in [1.82, 2.24) is 4.90 Å². The van der Waals surface area contributed by atoms with Crippen LogP contribution in [0.3, 0.4) is 0 Å². The van der Waals surface area contributed by atoms with E-state index in [-0.39, 0.29) is 17.9 Å². The van der Waals surface area contributed by atoms with Gasteiger partial charge < -0.3 is 15.3 Å². The average Bonchev–Trinajstić information content (AvgIpc) is 2.76. The zero-order valence-electron chi connectivity index (χ0n) is 10.2. The predicted octanol–water partition coefficient (Wildman–Crippen LogP) is 1.30. The number of likely N-dealkylation sites (tertiary alicyclic amines) is 1. The lowest BCUT2D eigenvalue weighted by molar-refractivity contribution is -0.114. The van der Waals surface area contributed by atoms with Gasteiger partial charge in [-0.15, -0.1) is 11.3 Å². The molecule has 98 valence electrons. The Balaban J connectivity index is 2.00. The molecule has 6 heteroatoms. The van der Waals surface area contributed by atoms with E-state index in [1.165, 1.54) is 18.3 Å². The molecule has 1 fully saturated rings. The van der Waals surface area contributed by atoms with Gasteiger partial charge in [0.05, 0.1) is 16.0 Å². The Morgan fingerprint density at radius 3 is 2.67 bits per heavy atom. The zero-order chi connectivity index (χ0) is 13.1. The van der Waals surface area contributed by atoms with Crippen LogP contribution in [0.5, 0.6) is 0 Å². The van der Waals surface area contributed by atoms with Crippen LogP contribution in [0.2, 0.25) is 0 Å². The van der Waals surface area contributed by atoms with Crippen molar-refractivity contribution >= 4 is 28.2 Å². The van der Waals surface area contributed by atoms with Gasteiger partial charge in [-0.05, 0) is 25.0 Å². The second-order valence-corrected chi connectivity index (χ2v) is 5.45. The highest BCUT2D eigenvalue weighted by atomic mass is 32.1. The minimum atomic E-state index is -0.285. The van der Waals surface area contributed by atoms with Crippen LogP contribution in [-0.4, -0.2) is 41.0 Å². The predicted molar refractivity (Wildman–Crippen MR) is 69.8 cm³/mol. The van der Waals surface area contributed by atoms with Crippen LogP contribution in [0.25, 0.3) is 0 Å². The fraction of sp³-hybridized carbons (Fsp3) is 0.500. The number of rotatable bonds is 2. The molecule has 0 aromatic carbocycles. The van der Waals surface area contributed by atoms with Gasteiger partial charge in [0.2, 0.25) is 5.91 Å². The zero-order valence-corrected chi connectivity index (χ0v) is 11.0. The summed E-state index contributed by atoms with van der Waals surface area (Å²) in [5, 5.41) is 12.7. The molecule has 0 atom stereocenters. The summed E-state index contributed by atoms with van der Waals surface area (Å²) in [5.41, 5.74) is 0. The second kappa shape index (κ2) is 5.49. The first-order valence-corrected chi connectivity index (χ1v) is 6.72. The van der Waals surface area contributed by atoms with Gasteiger partial charge in [-0.1, -0.05) is 0 Å². The van der Waals surface area contributed by atoms with Gasteiger partial charge in [-0.2, -0.15) is 0 Å². The lowest BCUT2D eigenvalue weighted by atomic mass is 10.1. The van der Waals surface area contributed by atoms with Crippen LogP contribution in [0.4, 0.5) is 5.00 Å². The van der Waals surface area contributed by atoms with Gasteiger partial charge >= 0.3 is 0 Å². The number of aliphatic hydroxyl groups excluding tert-OH is 1. The van der Waals surface area contributed by atoms with Gasteiger partial charge in [0, 0.05) is 20.0 Å². The standard InChI is InChI=1S/C12H16N2O3S/c1-8(15)13-11-3-2-10(18-11)12(17)14-6-4-9(16)5-7-14/h2-3,9,16H,4-7H2,1H3,(H,13,15). The van der Waals surface area contributed by atoms with Crippen molar-refractivity contribution in [3.8, 4) is 0 Å². The molecule has 5 nitrogen and oxygen atoms in total. The van der Waals surface area contributed by atoms with Gasteiger partial charge in [-0.3, -0.25) is 9.59 Å². The lowest BCUT2D eigenvalue weighted by Gasteiger charge is -2.29. The number of piperidine rings is 1. The van der Waals surface area contributed by atoms with E-state index >= 15 is 0 Å². The smallest absolute Gasteiger partial charge is 0.263 e. The van der Waals surface area contributed by atoms with Gasteiger partial charge in [0.25, 0.3) is 5.91 Å². The third kappa shape index (κ3) is 3.08. The molecule has 0 unspecified atom stereocenters. The number of amides is 2. The molecule has 0 spiro atoms. The van der Waals surface area contributed by atoms with Crippen LogP contribution < -0.4 is 5.32 Å². The summed E-state index contributed by atoms with van der Waals surface area (Å²) >= 11 is 1.28. The number of hydrogen-bond donors (Lipinski definition) is 2. The normalized spacial score (nSPS) is 16.7. The highest BCUT2D eigenvalue weighted by molar-refractivity contribution is 7.18. The third-order valence-electron chi connectivity index (χ3n) is 2.87. The van der Waals surface area contributed by atoms with E-state index in [0.29, 0.717) is 35.8 Å². The van der Waals surface area contributed by atoms with Crippen LogP contribution in [-0.2, 0) is 4.79 Å². The maximum Gasteiger partial charge on any atom is 0.263 e. The molecule has 18 heavy (non-hydrogen) atoms. The Hall–Kier alpha value is -1.40. The average molecular weight is 268 g/mol. The molecule has 1 aromatic rings. The van der Waals surface area contributed by atoms with Crippen molar-refractivity contribution in [2.45, 2.75) is 25.9 Å². The molecule has 0 saturated carbocycles. The fourth-order valence-corrected chi connectivity index (χ4v) is 2.84. The number of thiophene rings is 1. The van der Waals surface area contributed by atoms with Crippen LogP contribution in [0.1, 0.15) is 29.4 Å². The Morgan fingerprint density at radius 2 is 2.06 bits per heavy atom. The van der Waals surface area contributed by atoms with Crippen molar-refractivity contribution in [1.29, 1.82) is 0 Å². The molecule has 2 N–H and O–H groups in total. The van der Waals surface area contributed by atoms with Gasteiger partial charge in [0.1, 0.15) is 0 Å². The number of carbonyl (C=O) groups excluding carboxylic acids is 2. The largest absolute Gasteiger partial charge is 0.393 e. The molecule has 0 aliphatic carbocycles. The summed E-state index contributed by atoms with van der Waals surface area (Å²) in [6.45, 7) is 2.62. The number of carbonyl (C=O) groups is 2. The van der Waals surface area contributed by atoms with Crippen LogP contribution in [0.15, 0.2) is 12.1 Å². The molecule has 0 radical (unpaired) electrons. The van der Waals surface area contributed by atoms with Crippen molar-refractivity contribution in [3.63, 3.8) is 0 Å². The number of hydrogen-bond acceptors (Lipinski definition) is 4. The highest BCUT2D eigenvalue weighted by Gasteiger charge is 2.23. The van der Waals surface area contributed by atoms with E-state index in [0.717, 1.165) is 0 Å². The SMILES string of the molecule is CC(=O)Nc1ccc(C(=O)N2CCC(O)CC2)s1. The van der Waals surface area contributed by atoms with E-state index in [1.54, 1.807) is 17.0 Å². The summed E-state index contributed by atoms with van der Waals surface area (Å²) in [6.07, 6.45) is 0.984. The summed E-state index contributed by atoms with van der Waals surface area (Å²) in [5.74, 6) is -0.166. The minimum absolute atomic E-state index is 0.0245. The quantitative estimate of drug-likeness (QED) is 0.849. The summed E-state index contributed by atoms with van der Waals surface area (Å²) < 4.78 is 0. The second-order valence-electron chi connectivity index (χ2n) is 4.37. The Kier molecular flexibility index (Phi) is 3.98. The van der Waals surface area contributed by atoms with Gasteiger partial charge in [-0.25, -0.2) is 0 Å². The Labute approximate surface area is 109 Å². The Bertz CT molecular complexity index is 450.